The van der Waals surface area contributed by atoms with Gasteiger partial charge in [-0.25, -0.2) is 4.39 Å². The summed E-state index contributed by atoms with van der Waals surface area (Å²) in [5.41, 5.74) is -2.44. The minimum atomic E-state index is -4.80. The summed E-state index contributed by atoms with van der Waals surface area (Å²) in [6.07, 6.45) is -3.59. The van der Waals surface area contributed by atoms with E-state index in [2.05, 4.69) is 25.7 Å². The van der Waals surface area contributed by atoms with Crippen molar-refractivity contribution >= 4 is 27.5 Å². The molecular weight excluding hydrogens is 470 g/mol. The SMILES string of the molecule is O=C1CCC2(CN3C=C(C(F)(F)F)C=C(OC(F)F)C3=N2)c2ccc(Br)c(F)c21. The number of rotatable bonds is 2. The number of amidine groups is 1. The Kier molecular flexibility index (Phi) is 4.56. The second-order valence-electron chi connectivity index (χ2n) is 6.77. The molecule has 0 bridgehead atoms. The fourth-order valence-electron chi connectivity index (χ4n) is 3.78. The first-order chi connectivity index (χ1) is 13.5. The van der Waals surface area contributed by atoms with Gasteiger partial charge in [-0.1, -0.05) is 6.07 Å². The minimum absolute atomic E-state index is 0.0610. The van der Waals surface area contributed by atoms with E-state index in [-0.39, 0.29) is 40.8 Å². The molecule has 0 N–H and O–H groups in total. The molecule has 29 heavy (non-hydrogen) atoms. The summed E-state index contributed by atoms with van der Waals surface area (Å²) in [5, 5.41) is 0. The van der Waals surface area contributed by atoms with E-state index in [9.17, 15) is 31.1 Å². The molecule has 1 spiro atoms. The second-order valence-corrected chi connectivity index (χ2v) is 7.63. The molecule has 1 aliphatic carbocycles. The summed E-state index contributed by atoms with van der Waals surface area (Å²) in [4.78, 5) is 17.7. The first-order valence-corrected chi connectivity index (χ1v) is 9.15. The number of fused-ring (bicyclic) bond motifs is 3. The lowest BCUT2D eigenvalue weighted by atomic mass is 9.76. The van der Waals surface area contributed by atoms with Crippen LogP contribution in [0, 0.1) is 5.82 Å². The van der Waals surface area contributed by atoms with Gasteiger partial charge < -0.3 is 9.64 Å². The van der Waals surface area contributed by atoms with Gasteiger partial charge in [-0.3, -0.25) is 9.79 Å². The smallest absolute Gasteiger partial charge is 0.417 e. The van der Waals surface area contributed by atoms with Crippen LogP contribution < -0.4 is 0 Å². The molecule has 1 aromatic carbocycles. The maximum Gasteiger partial charge on any atom is 0.417 e. The topological polar surface area (TPSA) is 41.9 Å². The molecule has 1 atom stereocenters. The molecule has 11 heteroatoms. The second kappa shape index (κ2) is 6.61. The number of carbonyl (C=O) groups excluding carboxylic acids is 1. The maximum absolute atomic E-state index is 14.6. The Morgan fingerprint density at radius 3 is 2.66 bits per heavy atom. The Bertz CT molecular complexity index is 1000. The molecule has 2 heterocycles. The standard InChI is InChI=1S/C18H11BrF6N2O2/c19-10-2-1-9-13(14(10)20)11(28)3-4-17(9)7-27-6-8(18(23,24)25)5-12(15(27)26-17)29-16(21)22/h1-2,5-6,16H,3-4,7H2. The third-order valence-electron chi connectivity index (χ3n) is 5.01. The molecule has 0 saturated carbocycles. The molecule has 1 unspecified atom stereocenters. The van der Waals surface area contributed by atoms with Crippen molar-refractivity contribution in [1.82, 2.24) is 4.90 Å². The molecule has 0 saturated heterocycles. The van der Waals surface area contributed by atoms with Crippen LogP contribution in [-0.4, -0.2) is 35.9 Å². The highest BCUT2D eigenvalue weighted by Crippen LogP contribution is 2.46. The number of ether oxygens (including phenoxy) is 1. The monoisotopic (exact) mass is 480 g/mol. The van der Waals surface area contributed by atoms with Crippen molar-refractivity contribution < 1.29 is 35.9 Å². The average Bonchev–Trinajstić information content (AvgIpc) is 2.99. The fraction of sp³-hybridized carbons (Fsp3) is 0.333. The zero-order valence-electron chi connectivity index (χ0n) is 14.4. The highest BCUT2D eigenvalue weighted by atomic mass is 79.9. The average molecular weight is 481 g/mol. The Morgan fingerprint density at radius 1 is 1.28 bits per heavy atom. The molecule has 4 nitrogen and oxygen atoms in total. The van der Waals surface area contributed by atoms with Crippen LogP contribution in [0.25, 0.3) is 0 Å². The van der Waals surface area contributed by atoms with Crippen LogP contribution in [0.1, 0.15) is 28.8 Å². The van der Waals surface area contributed by atoms with Crippen molar-refractivity contribution in [3.8, 4) is 0 Å². The summed E-state index contributed by atoms with van der Waals surface area (Å²) < 4.78 is 84.1. The van der Waals surface area contributed by atoms with Gasteiger partial charge >= 0.3 is 12.8 Å². The number of carbonyl (C=O) groups is 1. The highest BCUT2D eigenvalue weighted by Gasteiger charge is 2.49. The number of aliphatic imine (C=N–C) groups is 1. The lowest BCUT2D eigenvalue weighted by Gasteiger charge is -2.33. The van der Waals surface area contributed by atoms with Crippen molar-refractivity contribution in [2.45, 2.75) is 31.2 Å². The van der Waals surface area contributed by atoms with E-state index in [1.54, 1.807) is 0 Å². The third-order valence-corrected chi connectivity index (χ3v) is 5.62. The van der Waals surface area contributed by atoms with E-state index in [4.69, 9.17) is 0 Å². The lowest BCUT2D eigenvalue weighted by Crippen LogP contribution is -2.38. The van der Waals surface area contributed by atoms with Crippen molar-refractivity contribution in [3.05, 3.63) is 57.2 Å². The quantitative estimate of drug-likeness (QED) is 0.555. The maximum atomic E-state index is 14.6. The van der Waals surface area contributed by atoms with Crippen LogP contribution in [0.2, 0.25) is 0 Å². The molecule has 0 amide bonds. The predicted octanol–water partition coefficient (Wildman–Crippen LogP) is 5.06. The number of hydrogen-bond donors (Lipinski definition) is 0. The van der Waals surface area contributed by atoms with E-state index in [0.29, 0.717) is 6.08 Å². The van der Waals surface area contributed by atoms with Gasteiger partial charge in [0.15, 0.2) is 17.4 Å². The predicted molar refractivity (Wildman–Crippen MR) is 92.8 cm³/mol. The largest absolute Gasteiger partial charge is 0.431 e. The first kappa shape index (κ1) is 20.0. The van der Waals surface area contributed by atoms with Crippen LogP contribution in [-0.2, 0) is 10.3 Å². The number of halogens is 7. The van der Waals surface area contributed by atoms with Gasteiger partial charge in [0.1, 0.15) is 11.4 Å². The van der Waals surface area contributed by atoms with Gasteiger partial charge in [-0.2, -0.15) is 22.0 Å². The highest BCUT2D eigenvalue weighted by molar-refractivity contribution is 9.10. The van der Waals surface area contributed by atoms with Crippen LogP contribution >= 0.6 is 15.9 Å². The molecular formula is C18H11BrF6N2O2. The van der Waals surface area contributed by atoms with Crippen LogP contribution in [0.15, 0.2) is 45.2 Å². The number of alkyl halides is 5. The van der Waals surface area contributed by atoms with Crippen molar-refractivity contribution in [3.63, 3.8) is 0 Å². The Hall–Kier alpha value is -2.30. The molecule has 154 valence electrons. The molecule has 0 radical (unpaired) electrons. The summed E-state index contributed by atoms with van der Waals surface area (Å²) in [6, 6.07) is 2.84. The fourth-order valence-corrected chi connectivity index (χ4v) is 4.11. The molecule has 3 aliphatic rings. The molecule has 1 aromatic rings. The number of hydrogen-bond acceptors (Lipinski definition) is 4. The first-order valence-electron chi connectivity index (χ1n) is 8.36. The Balaban J connectivity index is 1.85. The van der Waals surface area contributed by atoms with E-state index in [1.165, 1.54) is 12.1 Å². The normalized spacial score (nSPS) is 23.7. The molecule has 2 aliphatic heterocycles. The number of ketones is 1. The Labute approximate surface area is 168 Å². The Morgan fingerprint density at radius 2 is 2.00 bits per heavy atom. The van der Waals surface area contributed by atoms with Gasteiger partial charge in [0.2, 0.25) is 0 Å². The number of allylic oxidation sites excluding steroid dienone is 2. The lowest BCUT2D eigenvalue weighted by molar-refractivity contribution is -0.0981. The van der Waals surface area contributed by atoms with Gasteiger partial charge in [0.05, 0.1) is 22.2 Å². The molecule has 0 aromatic heterocycles. The van der Waals surface area contributed by atoms with Gasteiger partial charge in [-0.05, 0) is 40.1 Å². The zero-order chi connectivity index (χ0) is 21.1. The van der Waals surface area contributed by atoms with E-state index in [0.717, 1.165) is 11.1 Å². The van der Waals surface area contributed by atoms with Crippen molar-refractivity contribution in [2.75, 3.05) is 6.54 Å². The van der Waals surface area contributed by atoms with Crippen LogP contribution in [0.3, 0.4) is 0 Å². The number of Topliss-reactive ketones (excluding diaryl/α,β-unsaturated/α-hetero) is 1. The molecule has 4 rings (SSSR count). The van der Waals surface area contributed by atoms with Crippen molar-refractivity contribution in [1.29, 1.82) is 0 Å². The third kappa shape index (κ3) is 3.24. The van der Waals surface area contributed by atoms with Gasteiger partial charge in [-0.15, -0.1) is 0 Å². The van der Waals surface area contributed by atoms with E-state index in [1.807, 2.05) is 0 Å². The van der Waals surface area contributed by atoms with E-state index >= 15 is 0 Å². The van der Waals surface area contributed by atoms with Crippen LogP contribution in [0.4, 0.5) is 26.3 Å². The van der Waals surface area contributed by atoms with Gasteiger partial charge in [0.25, 0.3) is 0 Å². The van der Waals surface area contributed by atoms with Gasteiger partial charge in [0, 0.05) is 12.6 Å². The minimum Gasteiger partial charge on any atom is -0.431 e. The van der Waals surface area contributed by atoms with E-state index < -0.39 is 41.3 Å². The van der Waals surface area contributed by atoms with Crippen molar-refractivity contribution in [2.24, 2.45) is 4.99 Å². The van der Waals surface area contributed by atoms with Crippen LogP contribution in [0.5, 0.6) is 0 Å². The zero-order valence-corrected chi connectivity index (χ0v) is 16.0. The number of nitrogens with zero attached hydrogens (tertiary/aromatic N) is 2. The number of benzene rings is 1. The molecule has 0 fully saturated rings. The summed E-state index contributed by atoms with van der Waals surface area (Å²) in [5.74, 6) is -2.20. The summed E-state index contributed by atoms with van der Waals surface area (Å²) >= 11 is 3.01. The summed E-state index contributed by atoms with van der Waals surface area (Å²) in [6.45, 7) is -3.53. The summed E-state index contributed by atoms with van der Waals surface area (Å²) in [7, 11) is 0.